The highest BCUT2D eigenvalue weighted by Crippen LogP contribution is 2.38. The lowest BCUT2D eigenvalue weighted by molar-refractivity contribution is 0.363. The summed E-state index contributed by atoms with van der Waals surface area (Å²) in [6, 6.07) is 12.1. The molecule has 7 heteroatoms. The second-order valence-electron chi connectivity index (χ2n) is 12.8. The topological polar surface area (TPSA) is 78.8 Å². The van der Waals surface area contributed by atoms with E-state index in [1.807, 2.05) is 12.4 Å². The van der Waals surface area contributed by atoms with Crippen LogP contribution in [0.2, 0.25) is 0 Å². The van der Waals surface area contributed by atoms with Crippen molar-refractivity contribution in [3.63, 3.8) is 0 Å². The molecule has 4 aromatic rings. The smallest absolute Gasteiger partial charge is 0.255 e. The van der Waals surface area contributed by atoms with Crippen LogP contribution in [0, 0.1) is 0 Å². The van der Waals surface area contributed by atoms with Gasteiger partial charge in [0.2, 0.25) is 5.95 Å². The van der Waals surface area contributed by atoms with E-state index in [1.54, 1.807) is 10.6 Å². The first kappa shape index (κ1) is 25.2. The normalized spacial score (nSPS) is 15.4. The van der Waals surface area contributed by atoms with Crippen LogP contribution in [0.15, 0.2) is 53.6 Å². The Hall–Kier alpha value is -3.45. The Kier molecular flexibility index (Phi) is 5.83. The van der Waals surface area contributed by atoms with Crippen molar-refractivity contribution in [2.75, 3.05) is 4.90 Å². The monoisotopic (exact) mass is 498 g/mol. The van der Waals surface area contributed by atoms with Gasteiger partial charge in [-0.15, -0.1) is 0 Å². The Bertz CT molecular complexity index is 1510. The molecule has 37 heavy (non-hydrogen) atoms. The lowest BCUT2D eigenvalue weighted by atomic mass is 9.97. The highest BCUT2D eigenvalue weighted by molar-refractivity contribution is 5.97. The average molecular weight is 499 g/mol. The Labute approximate surface area is 219 Å². The molecule has 0 bridgehead atoms. The molecular weight excluding hydrogens is 460 g/mol. The quantitative estimate of drug-likeness (QED) is 0.375. The average Bonchev–Trinajstić information content (AvgIpc) is 3.34. The van der Waals surface area contributed by atoms with Gasteiger partial charge in [0.15, 0.2) is 0 Å². The van der Waals surface area contributed by atoms with Crippen LogP contribution in [0.25, 0.3) is 33.4 Å². The molecule has 0 fully saturated rings. The van der Waals surface area contributed by atoms with Crippen molar-refractivity contribution in [1.82, 2.24) is 24.8 Å². The fourth-order valence-corrected chi connectivity index (χ4v) is 5.45. The van der Waals surface area contributed by atoms with Gasteiger partial charge < -0.3 is 15.2 Å². The minimum absolute atomic E-state index is 0.0218. The van der Waals surface area contributed by atoms with Crippen LogP contribution in [-0.4, -0.2) is 36.1 Å². The zero-order valence-corrected chi connectivity index (χ0v) is 23.2. The number of hydrogen-bond donors (Lipinski definition) is 2. The number of H-pyrrole nitrogens is 1. The van der Waals surface area contributed by atoms with Crippen LogP contribution in [0.1, 0.15) is 61.0 Å². The van der Waals surface area contributed by atoms with Crippen LogP contribution in [0.4, 0.5) is 5.95 Å². The first-order valence-corrected chi connectivity index (χ1v) is 13.0. The molecular formula is C30H38N6O. The van der Waals surface area contributed by atoms with Crippen LogP contribution in [0.3, 0.4) is 0 Å². The standard InChI is InChI=1S/C30H38N6O/c1-28(2,3)33-16-19-9-11-23(31-15-19)20-10-12-24-21(13-20)22(17-32-24)25-14-26(37)35-18-30(7,8)36(27(35)34-25)29(4,5)6/h9-15,17,32-33H,16,18H2,1-8H3. The van der Waals surface area contributed by atoms with Crippen LogP contribution in [-0.2, 0) is 13.1 Å². The predicted molar refractivity (Wildman–Crippen MR) is 152 cm³/mol. The number of nitrogens with zero attached hydrogens (tertiary/aromatic N) is 4. The summed E-state index contributed by atoms with van der Waals surface area (Å²) in [5, 5.41) is 4.52. The third-order valence-electron chi connectivity index (χ3n) is 6.91. The maximum absolute atomic E-state index is 13.2. The van der Waals surface area contributed by atoms with E-state index < -0.39 is 0 Å². The molecule has 7 nitrogen and oxygen atoms in total. The van der Waals surface area contributed by atoms with Gasteiger partial charge in [0, 0.05) is 58.1 Å². The van der Waals surface area contributed by atoms with Gasteiger partial charge in [-0.1, -0.05) is 12.1 Å². The van der Waals surface area contributed by atoms with E-state index in [-0.39, 0.29) is 22.2 Å². The number of fused-ring (bicyclic) bond motifs is 2. The Balaban J connectivity index is 1.53. The third kappa shape index (κ3) is 4.80. The fourth-order valence-electron chi connectivity index (χ4n) is 5.45. The molecule has 5 rings (SSSR count). The fraction of sp³-hybridized carbons (Fsp3) is 0.433. The highest BCUT2D eigenvalue weighted by atomic mass is 16.1. The third-order valence-corrected chi connectivity index (χ3v) is 6.91. The van der Waals surface area contributed by atoms with E-state index in [2.05, 4.69) is 101 Å². The number of aromatic amines is 1. The molecule has 0 saturated carbocycles. The van der Waals surface area contributed by atoms with Crippen LogP contribution >= 0.6 is 0 Å². The predicted octanol–water partition coefficient (Wildman–Crippen LogP) is 5.74. The largest absolute Gasteiger partial charge is 0.360 e. The summed E-state index contributed by atoms with van der Waals surface area (Å²) in [5.74, 6) is 0.728. The molecule has 1 aliphatic heterocycles. The number of anilines is 1. The van der Waals surface area contributed by atoms with Crippen molar-refractivity contribution in [2.24, 2.45) is 0 Å². The lowest BCUT2D eigenvalue weighted by Crippen LogP contribution is -2.52. The second-order valence-corrected chi connectivity index (χ2v) is 12.8. The van der Waals surface area contributed by atoms with E-state index in [4.69, 9.17) is 9.97 Å². The number of aromatic nitrogens is 4. The van der Waals surface area contributed by atoms with E-state index >= 15 is 0 Å². The van der Waals surface area contributed by atoms with Crippen molar-refractivity contribution in [2.45, 2.75) is 85.1 Å². The molecule has 0 saturated heterocycles. The number of nitrogens with one attached hydrogen (secondary N) is 2. The summed E-state index contributed by atoms with van der Waals surface area (Å²) in [6.45, 7) is 18.7. The molecule has 1 aliphatic rings. The minimum atomic E-state index is -0.205. The Morgan fingerprint density at radius 1 is 1.03 bits per heavy atom. The van der Waals surface area contributed by atoms with E-state index in [1.165, 1.54) is 0 Å². The van der Waals surface area contributed by atoms with Crippen molar-refractivity contribution in [3.05, 3.63) is 64.7 Å². The van der Waals surface area contributed by atoms with E-state index in [0.29, 0.717) is 12.2 Å². The molecule has 2 N–H and O–H groups in total. The summed E-state index contributed by atoms with van der Waals surface area (Å²) in [5.41, 5.74) is 5.35. The summed E-state index contributed by atoms with van der Waals surface area (Å²) in [4.78, 5) is 28.6. The van der Waals surface area contributed by atoms with Crippen LogP contribution in [0.5, 0.6) is 0 Å². The number of pyridine rings is 1. The molecule has 0 atom stereocenters. The first-order chi connectivity index (χ1) is 17.2. The maximum atomic E-state index is 13.2. The van der Waals surface area contributed by atoms with Gasteiger partial charge in [0.05, 0.1) is 23.5 Å². The SMILES string of the molecule is CC(C)(C)NCc1ccc(-c2ccc3[nH]cc(-c4cc(=O)n5c(n4)N(C(C)(C)C)C(C)(C)C5)c3c2)nc1. The van der Waals surface area contributed by atoms with Gasteiger partial charge in [-0.2, -0.15) is 0 Å². The minimum Gasteiger partial charge on any atom is -0.360 e. The summed E-state index contributed by atoms with van der Waals surface area (Å²) < 4.78 is 1.80. The zero-order valence-electron chi connectivity index (χ0n) is 23.2. The molecule has 1 aromatic carbocycles. The molecule has 194 valence electrons. The molecule has 0 spiro atoms. The number of rotatable bonds is 4. The summed E-state index contributed by atoms with van der Waals surface area (Å²) in [6.07, 6.45) is 3.88. The number of hydrogen-bond acceptors (Lipinski definition) is 5. The van der Waals surface area contributed by atoms with Gasteiger partial charge in [0.25, 0.3) is 5.56 Å². The molecule has 0 unspecified atom stereocenters. The Morgan fingerprint density at radius 3 is 2.43 bits per heavy atom. The van der Waals surface area contributed by atoms with Crippen molar-refractivity contribution in [3.8, 4) is 22.5 Å². The van der Waals surface area contributed by atoms with Crippen LogP contribution < -0.4 is 15.8 Å². The lowest BCUT2D eigenvalue weighted by Gasteiger charge is -2.42. The second kappa shape index (κ2) is 8.55. The van der Waals surface area contributed by atoms with Crippen molar-refractivity contribution >= 4 is 16.9 Å². The van der Waals surface area contributed by atoms with Gasteiger partial charge in [-0.05, 0) is 79.2 Å². The maximum Gasteiger partial charge on any atom is 0.255 e. The molecule has 4 heterocycles. The van der Waals surface area contributed by atoms with Gasteiger partial charge in [-0.3, -0.25) is 14.3 Å². The summed E-state index contributed by atoms with van der Waals surface area (Å²) in [7, 11) is 0. The zero-order chi connectivity index (χ0) is 26.8. The van der Waals surface area contributed by atoms with E-state index in [9.17, 15) is 4.79 Å². The van der Waals surface area contributed by atoms with Crippen molar-refractivity contribution in [1.29, 1.82) is 0 Å². The molecule has 0 radical (unpaired) electrons. The van der Waals surface area contributed by atoms with E-state index in [0.717, 1.165) is 45.8 Å². The molecule has 3 aromatic heterocycles. The van der Waals surface area contributed by atoms with Gasteiger partial charge in [0.1, 0.15) is 0 Å². The molecule has 0 amide bonds. The molecule has 0 aliphatic carbocycles. The number of benzene rings is 1. The first-order valence-electron chi connectivity index (χ1n) is 13.0. The van der Waals surface area contributed by atoms with Gasteiger partial charge >= 0.3 is 0 Å². The highest BCUT2D eigenvalue weighted by Gasteiger charge is 2.43. The van der Waals surface area contributed by atoms with Gasteiger partial charge in [-0.25, -0.2) is 4.98 Å². The summed E-state index contributed by atoms with van der Waals surface area (Å²) >= 11 is 0. The van der Waals surface area contributed by atoms with Crippen molar-refractivity contribution < 1.29 is 0 Å². The Morgan fingerprint density at radius 2 is 1.78 bits per heavy atom.